The van der Waals surface area contributed by atoms with Crippen LogP contribution in [0.1, 0.15) is 34.3 Å². The van der Waals surface area contributed by atoms with E-state index in [1.807, 2.05) is 12.1 Å². The average Bonchev–Trinajstić information content (AvgIpc) is 2.76. The maximum absolute atomic E-state index is 12.4. The monoisotopic (exact) mass is 241 g/mol. The third-order valence-corrected chi connectivity index (χ3v) is 4.54. The molecule has 0 bridgehead atoms. The molecule has 2 aliphatic carbocycles. The first-order valence-corrected chi connectivity index (χ1v) is 6.18. The van der Waals surface area contributed by atoms with Gasteiger partial charge in [-0.25, -0.2) is 0 Å². The Morgan fingerprint density at radius 2 is 2.06 bits per heavy atom. The van der Waals surface area contributed by atoms with E-state index >= 15 is 0 Å². The van der Waals surface area contributed by atoms with Gasteiger partial charge in [-0.05, 0) is 30.4 Å². The highest BCUT2D eigenvalue weighted by Crippen LogP contribution is 2.53. The van der Waals surface area contributed by atoms with Gasteiger partial charge in [-0.2, -0.15) is 0 Å². The van der Waals surface area contributed by atoms with Crippen LogP contribution in [0.15, 0.2) is 18.2 Å². The number of amides is 2. The van der Waals surface area contributed by atoms with Crippen molar-refractivity contribution < 1.29 is 14.4 Å². The lowest BCUT2D eigenvalue weighted by Crippen LogP contribution is -2.40. The predicted octanol–water partition coefficient (Wildman–Crippen LogP) is 0.730. The zero-order valence-corrected chi connectivity index (χ0v) is 9.66. The lowest BCUT2D eigenvalue weighted by Gasteiger charge is -2.31. The van der Waals surface area contributed by atoms with Crippen molar-refractivity contribution in [3.05, 3.63) is 34.9 Å². The van der Waals surface area contributed by atoms with Gasteiger partial charge in [0.2, 0.25) is 11.8 Å². The van der Waals surface area contributed by atoms with E-state index in [0.717, 1.165) is 24.0 Å². The van der Waals surface area contributed by atoms with Gasteiger partial charge in [-0.1, -0.05) is 18.2 Å². The summed E-state index contributed by atoms with van der Waals surface area (Å²) >= 11 is 0. The largest absolute Gasteiger partial charge is 0.295 e. The number of aryl methyl sites for hydroxylation is 1. The lowest BCUT2D eigenvalue weighted by atomic mass is 9.67. The summed E-state index contributed by atoms with van der Waals surface area (Å²) in [5.74, 6) is -1.70. The standard InChI is InChI=1S/C14H11NO3/c16-11-8-5-1-3-7-4-2-6-14(9(7)8)10(11)12(17)15-13(14)18/h1,3,5,10H,2,4,6H2,(H,15,17,18)/t10-,14+/m0/s1. The number of carbonyl (C=O) groups excluding carboxylic acids is 3. The first-order chi connectivity index (χ1) is 8.66. The summed E-state index contributed by atoms with van der Waals surface area (Å²) in [7, 11) is 0. The first kappa shape index (κ1) is 10.00. The summed E-state index contributed by atoms with van der Waals surface area (Å²) in [6.07, 6.45) is 2.33. The first-order valence-electron chi connectivity index (χ1n) is 6.18. The Balaban J connectivity index is 2.12. The van der Waals surface area contributed by atoms with Gasteiger partial charge in [0.25, 0.3) is 0 Å². The quantitative estimate of drug-likeness (QED) is 0.538. The van der Waals surface area contributed by atoms with Crippen molar-refractivity contribution in [1.29, 1.82) is 0 Å². The maximum Gasteiger partial charge on any atom is 0.238 e. The fourth-order valence-corrected chi connectivity index (χ4v) is 3.89. The van der Waals surface area contributed by atoms with E-state index in [1.165, 1.54) is 0 Å². The highest BCUT2D eigenvalue weighted by molar-refractivity contribution is 6.27. The molecule has 1 fully saturated rings. The van der Waals surface area contributed by atoms with E-state index in [4.69, 9.17) is 0 Å². The number of hydrogen-bond acceptors (Lipinski definition) is 3. The van der Waals surface area contributed by atoms with Crippen LogP contribution in [0.2, 0.25) is 0 Å². The van der Waals surface area contributed by atoms with E-state index < -0.39 is 17.2 Å². The van der Waals surface area contributed by atoms with Crippen LogP contribution in [0.3, 0.4) is 0 Å². The summed E-state index contributed by atoms with van der Waals surface area (Å²) in [6.45, 7) is 0. The smallest absolute Gasteiger partial charge is 0.238 e. The summed E-state index contributed by atoms with van der Waals surface area (Å²) in [5.41, 5.74) is 1.58. The number of imide groups is 1. The van der Waals surface area contributed by atoms with Crippen molar-refractivity contribution in [3.8, 4) is 0 Å². The molecule has 1 N–H and O–H groups in total. The number of rotatable bonds is 0. The van der Waals surface area contributed by atoms with Crippen LogP contribution in [-0.4, -0.2) is 17.6 Å². The topological polar surface area (TPSA) is 63.2 Å². The molecule has 1 saturated heterocycles. The minimum absolute atomic E-state index is 0.183. The lowest BCUT2D eigenvalue weighted by molar-refractivity contribution is -0.126. The minimum atomic E-state index is -0.891. The second-order valence-electron chi connectivity index (χ2n) is 5.28. The molecule has 0 unspecified atom stereocenters. The van der Waals surface area contributed by atoms with Gasteiger partial charge in [0.05, 0.1) is 5.41 Å². The van der Waals surface area contributed by atoms with Gasteiger partial charge in [-0.15, -0.1) is 0 Å². The van der Waals surface area contributed by atoms with Crippen molar-refractivity contribution in [1.82, 2.24) is 5.32 Å². The van der Waals surface area contributed by atoms with Crippen LogP contribution < -0.4 is 5.32 Å². The molecule has 1 spiro atoms. The van der Waals surface area contributed by atoms with Crippen molar-refractivity contribution in [3.63, 3.8) is 0 Å². The summed E-state index contributed by atoms with van der Waals surface area (Å²) in [4.78, 5) is 36.5. The van der Waals surface area contributed by atoms with Crippen molar-refractivity contribution in [2.75, 3.05) is 0 Å². The fraction of sp³-hybridized carbons (Fsp3) is 0.357. The van der Waals surface area contributed by atoms with Crippen LogP contribution in [-0.2, 0) is 21.4 Å². The van der Waals surface area contributed by atoms with Crippen LogP contribution in [0.25, 0.3) is 0 Å². The molecular formula is C14H11NO3. The number of carbonyl (C=O) groups is 3. The summed E-state index contributed by atoms with van der Waals surface area (Å²) in [6, 6.07) is 5.55. The molecule has 3 aliphatic rings. The summed E-state index contributed by atoms with van der Waals surface area (Å²) in [5, 5.41) is 2.34. The molecule has 0 aromatic heterocycles. The zero-order chi connectivity index (χ0) is 12.5. The highest BCUT2D eigenvalue weighted by Gasteiger charge is 2.65. The van der Waals surface area contributed by atoms with Crippen molar-refractivity contribution in [2.24, 2.45) is 5.92 Å². The van der Waals surface area contributed by atoms with Crippen LogP contribution in [0, 0.1) is 5.92 Å². The van der Waals surface area contributed by atoms with E-state index in [0.29, 0.717) is 12.0 Å². The number of benzene rings is 1. The Morgan fingerprint density at radius 1 is 1.22 bits per heavy atom. The number of nitrogens with one attached hydrogen (secondary N) is 1. The zero-order valence-electron chi connectivity index (χ0n) is 9.66. The van der Waals surface area contributed by atoms with Crippen molar-refractivity contribution in [2.45, 2.75) is 24.7 Å². The Morgan fingerprint density at radius 3 is 2.89 bits per heavy atom. The maximum atomic E-state index is 12.4. The Hall–Kier alpha value is -1.97. The predicted molar refractivity (Wildman–Crippen MR) is 62.0 cm³/mol. The second-order valence-corrected chi connectivity index (χ2v) is 5.28. The van der Waals surface area contributed by atoms with Crippen LogP contribution in [0.5, 0.6) is 0 Å². The Bertz CT molecular complexity index is 634. The van der Waals surface area contributed by atoms with Crippen molar-refractivity contribution >= 4 is 17.6 Å². The molecule has 4 heteroatoms. The molecule has 4 rings (SSSR count). The fourth-order valence-electron chi connectivity index (χ4n) is 3.89. The van der Waals surface area contributed by atoms with Gasteiger partial charge < -0.3 is 0 Å². The van der Waals surface area contributed by atoms with Crippen LogP contribution >= 0.6 is 0 Å². The Labute approximate surface area is 103 Å². The third kappa shape index (κ3) is 0.847. The Kier molecular flexibility index (Phi) is 1.60. The average molecular weight is 241 g/mol. The van der Waals surface area contributed by atoms with Gasteiger partial charge in [0, 0.05) is 5.56 Å². The molecular weight excluding hydrogens is 230 g/mol. The van der Waals surface area contributed by atoms with Gasteiger partial charge in [0.1, 0.15) is 5.92 Å². The number of hydrogen-bond donors (Lipinski definition) is 1. The van der Waals surface area contributed by atoms with E-state index in [9.17, 15) is 14.4 Å². The molecule has 90 valence electrons. The van der Waals surface area contributed by atoms with Gasteiger partial charge in [0.15, 0.2) is 5.78 Å². The highest BCUT2D eigenvalue weighted by atomic mass is 16.2. The van der Waals surface area contributed by atoms with Gasteiger partial charge >= 0.3 is 0 Å². The van der Waals surface area contributed by atoms with Gasteiger partial charge in [-0.3, -0.25) is 19.7 Å². The molecule has 1 aromatic carbocycles. The number of ketones is 1. The molecule has 0 saturated carbocycles. The minimum Gasteiger partial charge on any atom is -0.295 e. The van der Waals surface area contributed by atoms with E-state index in [-0.39, 0.29) is 11.7 Å². The van der Waals surface area contributed by atoms with E-state index in [1.54, 1.807) is 6.07 Å². The molecule has 2 atom stereocenters. The van der Waals surface area contributed by atoms with Crippen LogP contribution in [0.4, 0.5) is 0 Å². The van der Waals surface area contributed by atoms with E-state index in [2.05, 4.69) is 5.32 Å². The molecule has 18 heavy (non-hydrogen) atoms. The SMILES string of the molecule is O=C1NC(=O)[C@]23CCCc4cccc(c42)C(=O)[C@@H]13. The second kappa shape index (κ2) is 2.88. The number of Topliss-reactive ketones (excluding diaryl/α,β-unsaturated/α-hetero) is 1. The summed E-state index contributed by atoms with van der Waals surface area (Å²) < 4.78 is 0. The molecule has 1 heterocycles. The molecule has 1 aromatic rings. The third-order valence-electron chi connectivity index (χ3n) is 4.54. The molecule has 4 nitrogen and oxygen atoms in total. The molecule has 2 amide bonds. The molecule has 1 aliphatic heterocycles. The molecule has 0 radical (unpaired) electrons. The normalized spacial score (nSPS) is 32.2.